The van der Waals surface area contributed by atoms with Crippen molar-refractivity contribution in [1.82, 2.24) is 9.78 Å². The highest BCUT2D eigenvalue weighted by molar-refractivity contribution is 9.10. The summed E-state index contributed by atoms with van der Waals surface area (Å²) < 4.78 is 2.39. The molecule has 5 nitrogen and oxygen atoms in total. The first-order chi connectivity index (χ1) is 8.49. The molecular weight excluding hydrogens is 296 g/mol. The van der Waals surface area contributed by atoms with Crippen LogP contribution in [0.2, 0.25) is 0 Å². The normalized spacial score (nSPS) is 10.4. The van der Waals surface area contributed by atoms with E-state index in [1.54, 1.807) is 13.1 Å². The Morgan fingerprint density at radius 3 is 2.83 bits per heavy atom. The second-order valence-corrected chi connectivity index (χ2v) is 4.90. The second-order valence-electron chi connectivity index (χ2n) is 3.99. The minimum absolute atomic E-state index is 0.205. The van der Waals surface area contributed by atoms with Crippen LogP contribution in [0.1, 0.15) is 15.9 Å². The largest absolute Gasteiger partial charge is 0.394 e. The number of hydrogen-bond donors (Lipinski definition) is 2. The Labute approximate surface area is 113 Å². The quantitative estimate of drug-likeness (QED) is 0.894. The molecule has 1 heterocycles. The van der Waals surface area contributed by atoms with Crippen LogP contribution in [0.5, 0.6) is 0 Å². The van der Waals surface area contributed by atoms with Crippen molar-refractivity contribution >= 4 is 33.3 Å². The van der Waals surface area contributed by atoms with Gasteiger partial charge < -0.3 is 11.1 Å². The highest BCUT2D eigenvalue weighted by Crippen LogP contribution is 2.20. The third kappa shape index (κ3) is 2.38. The average molecular weight is 309 g/mol. The molecule has 18 heavy (non-hydrogen) atoms. The van der Waals surface area contributed by atoms with E-state index in [1.807, 2.05) is 19.1 Å². The zero-order valence-electron chi connectivity index (χ0n) is 10.1. The number of amides is 1. The Hall–Kier alpha value is -1.82. The number of hydrogen-bond acceptors (Lipinski definition) is 3. The summed E-state index contributed by atoms with van der Waals surface area (Å²) in [4.78, 5) is 12.2. The van der Waals surface area contributed by atoms with Gasteiger partial charge in [0.25, 0.3) is 5.91 Å². The van der Waals surface area contributed by atoms with Crippen molar-refractivity contribution in [3.05, 3.63) is 40.0 Å². The van der Waals surface area contributed by atoms with Crippen LogP contribution in [0.4, 0.5) is 11.5 Å². The van der Waals surface area contributed by atoms with Crippen LogP contribution >= 0.6 is 15.9 Å². The number of rotatable bonds is 2. The zero-order valence-corrected chi connectivity index (χ0v) is 11.7. The Kier molecular flexibility index (Phi) is 3.38. The fourth-order valence-electron chi connectivity index (χ4n) is 1.62. The van der Waals surface area contributed by atoms with Crippen LogP contribution in [0, 0.1) is 6.92 Å². The van der Waals surface area contributed by atoms with E-state index in [1.165, 1.54) is 10.9 Å². The molecule has 0 aliphatic carbocycles. The van der Waals surface area contributed by atoms with E-state index in [0.717, 1.165) is 10.0 Å². The van der Waals surface area contributed by atoms with Gasteiger partial charge in [-0.15, -0.1) is 0 Å². The van der Waals surface area contributed by atoms with E-state index < -0.39 is 0 Å². The molecule has 1 aromatic heterocycles. The van der Waals surface area contributed by atoms with Crippen molar-refractivity contribution in [3.8, 4) is 0 Å². The zero-order chi connectivity index (χ0) is 13.3. The molecule has 1 aromatic carbocycles. The summed E-state index contributed by atoms with van der Waals surface area (Å²) in [5.41, 5.74) is 7.67. The lowest BCUT2D eigenvalue weighted by atomic mass is 10.1. The number of halogens is 1. The summed E-state index contributed by atoms with van der Waals surface area (Å²) in [6.07, 6.45) is 1.50. The maximum absolute atomic E-state index is 12.2. The number of nitrogens with zero attached hydrogens (tertiary/aromatic N) is 2. The van der Waals surface area contributed by atoms with Gasteiger partial charge in [0.1, 0.15) is 0 Å². The van der Waals surface area contributed by atoms with Crippen LogP contribution in [0.15, 0.2) is 28.9 Å². The molecule has 0 aliphatic heterocycles. The molecule has 0 saturated heterocycles. The topological polar surface area (TPSA) is 72.9 Å². The fraction of sp³-hybridized carbons (Fsp3) is 0.167. The van der Waals surface area contributed by atoms with Gasteiger partial charge in [-0.2, -0.15) is 5.10 Å². The highest BCUT2D eigenvalue weighted by atomic mass is 79.9. The smallest absolute Gasteiger partial charge is 0.257 e. The summed E-state index contributed by atoms with van der Waals surface area (Å²) in [5.74, 6) is 0.295. The van der Waals surface area contributed by atoms with E-state index in [9.17, 15) is 4.79 Å². The molecule has 2 aromatic rings. The molecule has 0 unspecified atom stereocenters. The number of nitrogens with two attached hydrogens (primary N) is 1. The highest BCUT2D eigenvalue weighted by Gasteiger charge is 2.13. The van der Waals surface area contributed by atoms with Crippen molar-refractivity contribution in [3.63, 3.8) is 0 Å². The van der Waals surface area contributed by atoms with Crippen molar-refractivity contribution < 1.29 is 4.79 Å². The Morgan fingerprint density at radius 2 is 2.22 bits per heavy atom. The van der Waals surface area contributed by atoms with Crippen LogP contribution < -0.4 is 11.1 Å². The predicted octanol–water partition coefficient (Wildman–Crippen LogP) is 2.33. The van der Waals surface area contributed by atoms with E-state index in [0.29, 0.717) is 17.1 Å². The SMILES string of the molecule is Cc1ccc(Br)cc1C(=O)Nc1c(N)cnn1C. The van der Waals surface area contributed by atoms with Gasteiger partial charge in [-0.1, -0.05) is 22.0 Å². The van der Waals surface area contributed by atoms with Crippen LogP contribution in [-0.4, -0.2) is 15.7 Å². The van der Waals surface area contributed by atoms with E-state index in [2.05, 4.69) is 26.3 Å². The van der Waals surface area contributed by atoms with Gasteiger partial charge in [-0.05, 0) is 24.6 Å². The van der Waals surface area contributed by atoms with Crippen molar-refractivity contribution in [2.75, 3.05) is 11.1 Å². The van der Waals surface area contributed by atoms with E-state index in [4.69, 9.17) is 5.73 Å². The van der Waals surface area contributed by atoms with Gasteiger partial charge in [0.05, 0.1) is 11.9 Å². The first-order valence-electron chi connectivity index (χ1n) is 5.34. The van der Waals surface area contributed by atoms with Crippen molar-refractivity contribution in [2.24, 2.45) is 7.05 Å². The molecule has 0 fully saturated rings. The second kappa shape index (κ2) is 4.81. The summed E-state index contributed by atoms with van der Waals surface area (Å²) >= 11 is 3.35. The fourth-order valence-corrected chi connectivity index (χ4v) is 1.98. The number of nitrogens with one attached hydrogen (secondary N) is 1. The third-order valence-corrected chi connectivity index (χ3v) is 3.14. The van der Waals surface area contributed by atoms with Gasteiger partial charge >= 0.3 is 0 Å². The lowest BCUT2D eigenvalue weighted by Gasteiger charge is -2.09. The number of aromatic nitrogens is 2. The molecule has 0 saturated carbocycles. The van der Waals surface area contributed by atoms with Gasteiger partial charge in [0, 0.05) is 17.1 Å². The molecular formula is C12H13BrN4O. The van der Waals surface area contributed by atoms with Crippen LogP contribution in [0.3, 0.4) is 0 Å². The molecule has 3 N–H and O–H groups in total. The van der Waals surface area contributed by atoms with Gasteiger partial charge in [0.15, 0.2) is 5.82 Å². The van der Waals surface area contributed by atoms with Crippen molar-refractivity contribution in [2.45, 2.75) is 6.92 Å². The molecule has 0 bridgehead atoms. The molecule has 1 amide bonds. The van der Waals surface area contributed by atoms with Crippen molar-refractivity contribution in [1.29, 1.82) is 0 Å². The first-order valence-corrected chi connectivity index (χ1v) is 6.13. The van der Waals surface area contributed by atoms with Crippen LogP contribution in [0.25, 0.3) is 0 Å². The van der Waals surface area contributed by atoms with Gasteiger partial charge in [-0.25, -0.2) is 0 Å². The monoisotopic (exact) mass is 308 g/mol. The average Bonchev–Trinajstić information content (AvgIpc) is 2.64. The Bertz CT molecular complexity index is 587. The molecule has 0 spiro atoms. The lowest BCUT2D eigenvalue weighted by Crippen LogP contribution is -2.16. The number of aryl methyl sites for hydroxylation is 2. The summed E-state index contributed by atoms with van der Waals surface area (Å²) in [6, 6.07) is 5.55. The number of carbonyl (C=O) groups is 1. The minimum Gasteiger partial charge on any atom is -0.394 e. The number of benzene rings is 1. The maximum atomic E-state index is 12.2. The summed E-state index contributed by atoms with van der Waals surface area (Å²) in [6.45, 7) is 1.88. The van der Waals surface area contributed by atoms with Gasteiger partial charge in [0.2, 0.25) is 0 Å². The van der Waals surface area contributed by atoms with E-state index in [-0.39, 0.29) is 5.91 Å². The Morgan fingerprint density at radius 1 is 1.50 bits per heavy atom. The third-order valence-electron chi connectivity index (χ3n) is 2.64. The summed E-state index contributed by atoms with van der Waals surface area (Å²) in [7, 11) is 1.72. The Balaban J connectivity index is 2.30. The first kappa shape index (κ1) is 12.6. The van der Waals surface area contributed by atoms with Crippen LogP contribution in [-0.2, 0) is 7.05 Å². The molecule has 0 atom stereocenters. The molecule has 2 rings (SSSR count). The number of nitrogen functional groups attached to an aromatic ring is 1. The van der Waals surface area contributed by atoms with E-state index >= 15 is 0 Å². The number of carbonyl (C=O) groups excluding carboxylic acids is 1. The lowest BCUT2D eigenvalue weighted by molar-refractivity contribution is 0.102. The maximum Gasteiger partial charge on any atom is 0.257 e. The molecule has 0 aliphatic rings. The standard InChI is InChI=1S/C12H13BrN4O/c1-7-3-4-8(13)5-9(7)12(18)16-11-10(14)6-15-17(11)2/h3-6H,14H2,1-2H3,(H,16,18). The molecule has 6 heteroatoms. The molecule has 94 valence electrons. The molecule has 0 radical (unpaired) electrons. The predicted molar refractivity (Wildman–Crippen MR) is 74.5 cm³/mol. The number of anilines is 2. The minimum atomic E-state index is -0.205. The summed E-state index contributed by atoms with van der Waals surface area (Å²) in [5, 5.41) is 6.73. The van der Waals surface area contributed by atoms with Gasteiger partial charge in [-0.3, -0.25) is 9.48 Å².